The predicted octanol–water partition coefficient (Wildman–Crippen LogP) is 3.20. The molecular weight excluding hydrogens is 242 g/mol. The Kier molecular flexibility index (Phi) is 5.00. The van der Waals surface area contributed by atoms with Gasteiger partial charge in [0, 0.05) is 17.2 Å². The van der Waals surface area contributed by atoms with E-state index in [1.165, 1.54) is 25.0 Å². The maximum atomic E-state index is 5.93. The number of halogens is 1. The smallest absolute Gasteiger partial charge is 0.118 e. The lowest BCUT2D eigenvalue weighted by Crippen LogP contribution is -2.48. The molecule has 2 rings (SSSR count). The van der Waals surface area contributed by atoms with Gasteiger partial charge in [-0.1, -0.05) is 6.42 Å². The van der Waals surface area contributed by atoms with Crippen molar-refractivity contribution in [1.82, 2.24) is 5.32 Å². The summed E-state index contributed by atoms with van der Waals surface area (Å²) in [4.78, 5) is 0. The Labute approximate surface area is 110 Å². The highest BCUT2D eigenvalue weighted by atomic mass is 35.5. The van der Waals surface area contributed by atoms with Gasteiger partial charge in [-0.15, -0.1) is 12.4 Å². The minimum atomic E-state index is -0.0848. The second-order valence-corrected chi connectivity index (χ2v) is 7.13. The lowest BCUT2D eigenvalue weighted by Gasteiger charge is -2.32. The van der Waals surface area contributed by atoms with E-state index in [0.29, 0.717) is 0 Å². The largest absolute Gasteiger partial charge is 0.359 e. The molecule has 4 heteroatoms. The summed E-state index contributed by atoms with van der Waals surface area (Å²) in [6.45, 7) is 7.47. The topological polar surface area (TPSA) is 21.3 Å². The van der Waals surface area contributed by atoms with Crippen LogP contribution >= 0.6 is 24.2 Å². The molecule has 1 N–H and O–H groups in total. The van der Waals surface area contributed by atoms with Crippen LogP contribution in [0.2, 0.25) is 0 Å². The minimum Gasteiger partial charge on any atom is -0.359 e. The van der Waals surface area contributed by atoms with Crippen molar-refractivity contribution >= 4 is 24.2 Å². The highest BCUT2D eigenvalue weighted by molar-refractivity contribution is 7.99. The minimum absolute atomic E-state index is 0. The van der Waals surface area contributed by atoms with Crippen LogP contribution in [0.15, 0.2) is 0 Å². The van der Waals surface area contributed by atoms with Crippen LogP contribution in [0, 0.1) is 0 Å². The van der Waals surface area contributed by atoms with Crippen LogP contribution < -0.4 is 5.32 Å². The molecule has 0 radical (unpaired) electrons. The van der Waals surface area contributed by atoms with Crippen LogP contribution in [0.3, 0.4) is 0 Å². The second-order valence-electron chi connectivity index (χ2n) is 5.72. The van der Waals surface area contributed by atoms with Gasteiger partial charge in [0.2, 0.25) is 0 Å². The Hall–Kier alpha value is 0.560. The number of thioether (sulfide) groups is 1. The Morgan fingerprint density at radius 1 is 1.31 bits per heavy atom. The van der Waals surface area contributed by atoms with Crippen molar-refractivity contribution in [2.75, 3.05) is 12.4 Å². The average Bonchev–Trinajstić information content (AvgIpc) is 2.42. The number of rotatable bonds is 2. The fourth-order valence-electron chi connectivity index (χ4n) is 2.64. The third-order valence-electron chi connectivity index (χ3n) is 3.25. The second kappa shape index (κ2) is 5.47. The van der Waals surface area contributed by atoms with Gasteiger partial charge < -0.3 is 4.74 Å². The first-order valence-corrected chi connectivity index (χ1v) is 7.09. The Balaban J connectivity index is 0.00000128. The number of hydrogen-bond acceptors (Lipinski definition) is 3. The zero-order valence-electron chi connectivity index (χ0n) is 10.5. The van der Waals surface area contributed by atoms with Crippen molar-refractivity contribution in [1.29, 1.82) is 0 Å². The molecule has 2 nitrogen and oxygen atoms in total. The van der Waals surface area contributed by atoms with Crippen LogP contribution in [-0.4, -0.2) is 28.9 Å². The van der Waals surface area contributed by atoms with Crippen molar-refractivity contribution in [3.8, 4) is 0 Å². The van der Waals surface area contributed by atoms with E-state index in [1.54, 1.807) is 0 Å². The molecule has 2 unspecified atom stereocenters. The highest BCUT2D eigenvalue weighted by Gasteiger charge is 2.41. The van der Waals surface area contributed by atoms with Crippen molar-refractivity contribution in [2.24, 2.45) is 0 Å². The Morgan fingerprint density at radius 2 is 2.06 bits per heavy atom. The van der Waals surface area contributed by atoms with Crippen molar-refractivity contribution in [2.45, 2.75) is 63.0 Å². The zero-order chi connectivity index (χ0) is 10.9. The van der Waals surface area contributed by atoms with Gasteiger partial charge >= 0.3 is 0 Å². The monoisotopic (exact) mass is 265 g/mol. The first-order valence-electron chi connectivity index (χ1n) is 6.04. The van der Waals surface area contributed by atoms with Crippen LogP contribution in [0.4, 0.5) is 0 Å². The summed E-state index contributed by atoms with van der Waals surface area (Å²) in [5.74, 6) is 1.34. The van der Waals surface area contributed by atoms with E-state index in [9.17, 15) is 0 Å². The Bertz CT molecular complexity index is 231. The maximum Gasteiger partial charge on any atom is 0.118 e. The van der Waals surface area contributed by atoms with Gasteiger partial charge in [-0.05, 0) is 39.4 Å². The van der Waals surface area contributed by atoms with Crippen LogP contribution in [-0.2, 0) is 4.74 Å². The van der Waals surface area contributed by atoms with Gasteiger partial charge in [-0.2, -0.15) is 11.8 Å². The summed E-state index contributed by atoms with van der Waals surface area (Å²) in [5.41, 5.74) is 0.0621. The number of hydrogen-bond donors (Lipinski definition) is 1. The molecule has 96 valence electrons. The quantitative estimate of drug-likeness (QED) is 0.829. The van der Waals surface area contributed by atoms with Crippen molar-refractivity contribution < 1.29 is 4.74 Å². The van der Waals surface area contributed by atoms with Gasteiger partial charge in [0.15, 0.2) is 0 Å². The lowest BCUT2D eigenvalue weighted by atomic mass is 10.0. The van der Waals surface area contributed by atoms with Gasteiger partial charge in [0.05, 0.1) is 6.61 Å². The summed E-state index contributed by atoms with van der Waals surface area (Å²) in [7, 11) is 0. The molecule has 2 saturated heterocycles. The number of ether oxygens (including phenoxy) is 1. The molecule has 2 aliphatic heterocycles. The fourth-order valence-corrected chi connectivity index (χ4v) is 4.11. The first-order chi connectivity index (χ1) is 6.99. The molecule has 16 heavy (non-hydrogen) atoms. The molecule has 0 saturated carbocycles. The molecule has 2 aliphatic rings. The summed E-state index contributed by atoms with van der Waals surface area (Å²) in [6.07, 6.45) is 5.32. The Morgan fingerprint density at radius 3 is 2.56 bits per heavy atom. The summed E-state index contributed by atoms with van der Waals surface area (Å²) < 4.78 is 5.93. The van der Waals surface area contributed by atoms with Gasteiger partial charge in [0.1, 0.15) is 5.72 Å². The van der Waals surface area contributed by atoms with E-state index in [0.717, 1.165) is 18.3 Å². The normalized spacial score (nSPS) is 38.1. The summed E-state index contributed by atoms with van der Waals surface area (Å²) in [5, 5.41) is 4.41. The van der Waals surface area contributed by atoms with E-state index in [4.69, 9.17) is 4.74 Å². The highest BCUT2D eigenvalue weighted by Crippen LogP contribution is 2.35. The fraction of sp³-hybridized carbons (Fsp3) is 1.00. The SMILES string of the molecule is CC1(C)COC(C)(CC2CCCCS2)N1.Cl. The molecule has 2 fully saturated rings. The molecule has 0 spiro atoms. The molecule has 0 aromatic carbocycles. The third-order valence-corrected chi connectivity index (χ3v) is 4.64. The molecule has 0 bridgehead atoms. The molecule has 2 heterocycles. The lowest BCUT2D eigenvalue weighted by molar-refractivity contribution is -0.00154. The van der Waals surface area contributed by atoms with E-state index in [1.807, 2.05) is 0 Å². The molecule has 0 aliphatic carbocycles. The van der Waals surface area contributed by atoms with Gasteiger partial charge in [0.25, 0.3) is 0 Å². The average molecular weight is 266 g/mol. The van der Waals surface area contributed by atoms with Gasteiger partial charge in [-0.3, -0.25) is 5.32 Å². The first kappa shape index (κ1) is 14.6. The van der Waals surface area contributed by atoms with E-state index >= 15 is 0 Å². The zero-order valence-corrected chi connectivity index (χ0v) is 12.2. The molecule has 0 amide bonds. The molecule has 0 aromatic heterocycles. The maximum absolute atomic E-state index is 5.93. The molecular formula is C12H24ClNOS. The summed E-state index contributed by atoms with van der Waals surface area (Å²) in [6, 6.07) is 0. The summed E-state index contributed by atoms with van der Waals surface area (Å²) >= 11 is 2.13. The third kappa shape index (κ3) is 3.80. The van der Waals surface area contributed by atoms with Gasteiger partial charge in [-0.25, -0.2) is 0 Å². The van der Waals surface area contributed by atoms with Crippen LogP contribution in [0.5, 0.6) is 0 Å². The van der Waals surface area contributed by atoms with Crippen LogP contribution in [0.25, 0.3) is 0 Å². The number of nitrogens with one attached hydrogen (secondary N) is 1. The van der Waals surface area contributed by atoms with E-state index in [-0.39, 0.29) is 23.7 Å². The standard InChI is InChI=1S/C12H23NOS.ClH/c1-11(2)9-14-12(3,13-11)8-10-6-4-5-7-15-10;/h10,13H,4-9H2,1-3H3;1H. The van der Waals surface area contributed by atoms with Crippen LogP contribution in [0.1, 0.15) is 46.5 Å². The van der Waals surface area contributed by atoms with E-state index in [2.05, 4.69) is 37.8 Å². The molecule has 0 aromatic rings. The van der Waals surface area contributed by atoms with Crippen molar-refractivity contribution in [3.05, 3.63) is 0 Å². The van der Waals surface area contributed by atoms with E-state index < -0.39 is 0 Å². The van der Waals surface area contributed by atoms with Crippen molar-refractivity contribution in [3.63, 3.8) is 0 Å². The molecule has 2 atom stereocenters. The predicted molar refractivity (Wildman–Crippen MR) is 73.5 cm³/mol.